The van der Waals surface area contributed by atoms with E-state index in [-0.39, 0.29) is 17.3 Å². The van der Waals surface area contributed by atoms with Crippen LogP contribution in [0.3, 0.4) is 0 Å². The van der Waals surface area contributed by atoms with Gasteiger partial charge in [0.25, 0.3) is 0 Å². The van der Waals surface area contributed by atoms with E-state index >= 15 is 0 Å². The highest BCUT2D eigenvalue weighted by Gasteiger charge is 2.03. The Hall–Kier alpha value is -2.23. The number of aromatic hydroxyl groups is 2. The van der Waals surface area contributed by atoms with Crippen LogP contribution in [-0.4, -0.2) is 10.2 Å². The molecule has 0 aliphatic rings. The quantitative estimate of drug-likeness (QED) is 0.781. The van der Waals surface area contributed by atoms with Gasteiger partial charge in [0.05, 0.1) is 0 Å². The van der Waals surface area contributed by atoms with Crippen molar-refractivity contribution >= 4 is 5.69 Å². The van der Waals surface area contributed by atoms with Gasteiger partial charge in [-0.05, 0) is 42.8 Å². The fourth-order valence-corrected chi connectivity index (χ4v) is 1.74. The second-order valence-corrected chi connectivity index (χ2v) is 4.18. The van der Waals surface area contributed by atoms with Crippen LogP contribution in [0.25, 0.3) is 0 Å². The van der Waals surface area contributed by atoms with Gasteiger partial charge in [0.2, 0.25) is 0 Å². The molecule has 4 heteroatoms. The van der Waals surface area contributed by atoms with Crippen molar-refractivity contribution in [1.82, 2.24) is 0 Å². The van der Waals surface area contributed by atoms with E-state index < -0.39 is 0 Å². The molecule has 0 spiro atoms. The average molecular weight is 247 g/mol. The van der Waals surface area contributed by atoms with Gasteiger partial charge in [-0.25, -0.2) is 4.39 Å². The first-order chi connectivity index (χ1) is 8.54. The molecule has 2 aromatic carbocycles. The van der Waals surface area contributed by atoms with Crippen molar-refractivity contribution < 1.29 is 14.6 Å². The summed E-state index contributed by atoms with van der Waals surface area (Å²) in [7, 11) is 0. The van der Waals surface area contributed by atoms with Gasteiger partial charge in [-0.3, -0.25) is 0 Å². The third kappa shape index (κ3) is 2.91. The molecular weight excluding hydrogens is 233 g/mol. The van der Waals surface area contributed by atoms with Crippen LogP contribution >= 0.6 is 0 Å². The van der Waals surface area contributed by atoms with E-state index in [1.165, 1.54) is 24.3 Å². The monoisotopic (exact) mass is 247 g/mol. The molecule has 0 heterocycles. The van der Waals surface area contributed by atoms with E-state index in [1.807, 2.05) is 13.0 Å². The second-order valence-electron chi connectivity index (χ2n) is 4.18. The van der Waals surface area contributed by atoms with Crippen molar-refractivity contribution in [3.8, 4) is 11.5 Å². The largest absolute Gasteiger partial charge is 0.508 e. The number of nitrogens with one attached hydrogen (secondary N) is 1. The van der Waals surface area contributed by atoms with E-state index in [2.05, 4.69) is 5.32 Å². The summed E-state index contributed by atoms with van der Waals surface area (Å²) in [6, 6.07) is 9.04. The third-order valence-electron chi connectivity index (χ3n) is 2.59. The van der Waals surface area contributed by atoms with Crippen LogP contribution in [0.15, 0.2) is 36.4 Å². The van der Waals surface area contributed by atoms with Gasteiger partial charge >= 0.3 is 0 Å². The first-order valence-corrected chi connectivity index (χ1v) is 5.56. The highest BCUT2D eigenvalue weighted by molar-refractivity contribution is 5.48. The first-order valence-electron chi connectivity index (χ1n) is 5.56. The van der Waals surface area contributed by atoms with Crippen molar-refractivity contribution in [2.75, 3.05) is 5.32 Å². The number of aryl methyl sites for hydroxylation is 1. The summed E-state index contributed by atoms with van der Waals surface area (Å²) in [6.07, 6.45) is 0. The van der Waals surface area contributed by atoms with Crippen LogP contribution in [0.4, 0.5) is 10.1 Å². The summed E-state index contributed by atoms with van der Waals surface area (Å²) in [6.45, 7) is 2.17. The van der Waals surface area contributed by atoms with Crippen molar-refractivity contribution in [3.05, 3.63) is 53.3 Å². The van der Waals surface area contributed by atoms with Crippen LogP contribution < -0.4 is 5.32 Å². The fourth-order valence-electron chi connectivity index (χ4n) is 1.74. The number of phenols is 2. The zero-order valence-electron chi connectivity index (χ0n) is 9.94. The number of phenolic OH excluding ortho intramolecular Hbond substituents is 2. The standard InChI is InChI=1S/C14H14FNO2/c1-9-4-11(15)6-12(5-9)16-8-10-2-3-13(17)7-14(10)18/h2-7,16-18H,8H2,1H3. The molecule has 0 aliphatic heterocycles. The maximum absolute atomic E-state index is 13.2. The smallest absolute Gasteiger partial charge is 0.125 e. The topological polar surface area (TPSA) is 52.5 Å². The van der Waals surface area contributed by atoms with Gasteiger partial charge in [0.15, 0.2) is 0 Å². The number of hydrogen-bond acceptors (Lipinski definition) is 3. The Labute approximate surface area is 105 Å². The van der Waals surface area contributed by atoms with E-state index in [9.17, 15) is 9.50 Å². The van der Waals surface area contributed by atoms with Crippen molar-refractivity contribution in [1.29, 1.82) is 0 Å². The summed E-state index contributed by atoms with van der Waals surface area (Å²) >= 11 is 0. The zero-order valence-corrected chi connectivity index (χ0v) is 9.94. The molecule has 18 heavy (non-hydrogen) atoms. The van der Waals surface area contributed by atoms with Crippen molar-refractivity contribution in [2.24, 2.45) is 0 Å². The van der Waals surface area contributed by atoms with Gasteiger partial charge in [-0.2, -0.15) is 0 Å². The fraction of sp³-hybridized carbons (Fsp3) is 0.143. The van der Waals surface area contributed by atoms with E-state index in [1.54, 1.807) is 6.07 Å². The maximum Gasteiger partial charge on any atom is 0.125 e. The number of hydrogen-bond donors (Lipinski definition) is 3. The van der Waals surface area contributed by atoms with E-state index in [0.717, 1.165) is 5.56 Å². The number of halogens is 1. The van der Waals surface area contributed by atoms with Gasteiger partial charge in [0.1, 0.15) is 17.3 Å². The van der Waals surface area contributed by atoms with Crippen LogP contribution in [0, 0.1) is 12.7 Å². The van der Waals surface area contributed by atoms with E-state index in [4.69, 9.17) is 5.11 Å². The Morgan fingerprint density at radius 2 is 1.89 bits per heavy atom. The van der Waals surface area contributed by atoms with Crippen LogP contribution in [0.2, 0.25) is 0 Å². The molecule has 0 saturated heterocycles. The lowest BCUT2D eigenvalue weighted by molar-refractivity contribution is 0.446. The Kier molecular flexibility index (Phi) is 3.37. The summed E-state index contributed by atoms with van der Waals surface area (Å²) < 4.78 is 13.2. The first kappa shape index (κ1) is 12.2. The number of anilines is 1. The molecule has 0 aromatic heterocycles. The van der Waals surface area contributed by atoms with Crippen LogP contribution in [0.5, 0.6) is 11.5 Å². The minimum absolute atomic E-state index is 0.00984. The molecule has 2 aromatic rings. The minimum atomic E-state index is -0.299. The maximum atomic E-state index is 13.2. The molecular formula is C14H14FNO2. The Bertz CT molecular complexity index is 549. The predicted octanol–water partition coefficient (Wildman–Crippen LogP) is 3.16. The second kappa shape index (κ2) is 4.96. The SMILES string of the molecule is Cc1cc(F)cc(NCc2ccc(O)cc2O)c1. The molecule has 3 nitrogen and oxygen atoms in total. The van der Waals surface area contributed by atoms with Crippen LogP contribution in [-0.2, 0) is 6.54 Å². The van der Waals surface area contributed by atoms with Crippen molar-refractivity contribution in [2.45, 2.75) is 13.5 Å². The predicted molar refractivity (Wildman–Crippen MR) is 68.2 cm³/mol. The lowest BCUT2D eigenvalue weighted by Gasteiger charge is -2.09. The van der Waals surface area contributed by atoms with Gasteiger partial charge < -0.3 is 15.5 Å². The lowest BCUT2D eigenvalue weighted by Crippen LogP contribution is -2.00. The minimum Gasteiger partial charge on any atom is -0.508 e. The number of benzene rings is 2. The zero-order chi connectivity index (χ0) is 13.1. The van der Waals surface area contributed by atoms with Gasteiger partial charge in [0, 0.05) is 23.9 Å². The molecule has 0 atom stereocenters. The summed E-state index contributed by atoms with van der Waals surface area (Å²) in [5.74, 6) is -0.277. The summed E-state index contributed by atoms with van der Waals surface area (Å²) in [5.41, 5.74) is 2.11. The highest BCUT2D eigenvalue weighted by Crippen LogP contribution is 2.23. The van der Waals surface area contributed by atoms with Crippen molar-refractivity contribution in [3.63, 3.8) is 0 Å². The molecule has 0 saturated carbocycles. The van der Waals surface area contributed by atoms with E-state index in [0.29, 0.717) is 17.8 Å². The number of rotatable bonds is 3. The average Bonchev–Trinajstić information content (AvgIpc) is 2.26. The molecule has 0 radical (unpaired) electrons. The molecule has 0 aliphatic carbocycles. The molecule has 3 N–H and O–H groups in total. The van der Waals surface area contributed by atoms with Gasteiger partial charge in [-0.15, -0.1) is 0 Å². The summed E-state index contributed by atoms with van der Waals surface area (Å²) in [4.78, 5) is 0. The lowest BCUT2D eigenvalue weighted by atomic mass is 10.1. The molecule has 94 valence electrons. The molecule has 2 rings (SSSR count). The Balaban J connectivity index is 2.11. The molecule has 0 bridgehead atoms. The third-order valence-corrected chi connectivity index (χ3v) is 2.59. The van der Waals surface area contributed by atoms with Gasteiger partial charge in [-0.1, -0.05) is 0 Å². The summed E-state index contributed by atoms with van der Waals surface area (Å²) in [5, 5.41) is 21.8. The molecule has 0 fully saturated rings. The Morgan fingerprint density at radius 3 is 2.56 bits per heavy atom. The molecule has 0 amide bonds. The molecule has 0 unspecified atom stereocenters. The highest BCUT2D eigenvalue weighted by atomic mass is 19.1. The van der Waals surface area contributed by atoms with Crippen LogP contribution in [0.1, 0.15) is 11.1 Å². The normalized spacial score (nSPS) is 10.3. The Morgan fingerprint density at radius 1 is 1.11 bits per heavy atom.